The molecule has 0 radical (unpaired) electrons. The van der Waals surface area contributed by atoms with Gasteiger partial charge in [0.15, 0.2) is 5.16 Å². The number of carbonyl (C=O) groups excluding carboxylic acids is 1. The number of nitrogens with one attached hydrogen (secondary N) is 1. The second-order valence-electron chi connectivity index (χ2n) is 5.60. The van der Waals surface area contributed by atoms with Gasteiger partial charge in [-0.25, -0.2) is 4.98 Å². The number of hydrogen-bond donors (Lipinski definition) is 1. The first-order valence-corrected chi connectivity index (χ1v) is 9.85. The molecule has 0 saturated heterocycles. The summed E-state index contributed by atoms with van der Waals surface area (Å²) >= 11 is 2.78. The standard InChI is InChI=1S/C17H23N3O3S2/c1-5-7-20-16(22)13-8-12(6-2)25-15(13)19-17(20)24-10-14(21)18-11(3)9-23-4/h5,8,11H,1,6-7,9-10H2,2-4H3,(H,18,21)/t11-/m0/s1. The maximum absolute atomic E-state index is 12.7. The van der Waals surface area contributed by atoms with Crippen LogP contribution in [0.25, 0.3) is 10.2 Å². The van der Waals surface area contributed by atoms with Gasteiger partial charge in [0.2, 0.25) is 5.91 Å². The number of allylic oxidation sites excluding steroid dienone is 1. The van der Waals surface area contributed by atoms with Crippen LogP contribution in [0, 0.1) is 0 Å². The third kappa shape index (κ3) is 4.93. The van der Waals surface area contributed by atoms with Crippen molar-refractivity contribution in [3.8, 4) is 0 Å². The average Bonchev–Trinajstić information content (AvgIpc) is 2.99. The Bertz CT molecular complexity index is 813. The molecule has 1 N–H and O–H groups in total. The van der Waals surface area contributed by atoms with Crippen molar-refractivity contribution in [2.24, 2.45) is 0 Å². The highest BCUT2D eigenvalue weighted by atomic mass is 32.2. The molecule has 0 bridgehead atoms. The number of aryl methyl sites for hydroxylation is 1. The molecule has 0 saturated carbocycles. The molecule has 0 aliphatic rings. The summed E-state index contributed by atoms with van der Waals surface area (Å²) in [5, 5.41) is 4.02. The Kier molecular flexibility index (Phi) is 7.22. The number of nitrogens with zero attached hydrogens (tertiary/aromatic N) is 2. The van der Waals surface area contributed by atoms with E-state index in [1.165, 1.54) is 23.1 Å². The molecule has 0 spiro atoms. The van der Waals surface area contributed by atoms with Crippen molar-refractivity contribution in [2.45, 2.75) is 38.0 Å². The van der Waals surface area contributed by atoms with Crippen molar-refractivity contribution in [1.82, 2.24) is 14.9 Å². The van der Waals surface area contributed by atoms with Crippen LogP contribution in [0.1, 0.15) is 18.7 Å². The monoisotopic (exact) mass is 381 g/mol. The molecule has 1 amide bonds. The molecule has 2 rings (SSSR count). The summed E-state index contributed by atoms with van der Waals surface area (Å²) in [7, 11) is 1.59. The predicted octanol–water partition coefficient (Wildman–Crippen LogP) is 2.45. The van der Waals surface area contributed by atoms with Crippen LogP contribution in [0.3, 0.4) is 0 Å². The first kappa shape index (κ1) is 19.7. The van der Waals surface area contributed by atoms with Crippen molar-refractivity contribution in [1.29, 1.82) is 0 Å². The number of amides is 1. The number of hydrogen-bond acceptors (Lipinski definition) is 6. The Hall–Kier alpha value is -1.64. The van der Waals surface area contributed by atoms with Crippen LogP contribution in [0.2, 0.25) is 0 Å². The summed E-state index contributed by atoms with van der Waals surface area (Å²) in [4.78, 5) is 31.2. The zero-order chi connectivity index (χ0) is 18.4. The molecule has 8 heteroatoms. The molecule has 136 valence electrons. The highest BCUT2D eigenvalue weighted by molar-refractivity contribution is 7.99. The highest BCUT2D eigenvalue weighted by Gasteiger charge is 2.15. The number of rotatable bonds is 9. The summed E-state index contributed by atoms with van der Waals surface area (Å²) in [6.07, 6.45) is 2.52. The van der Waals surface area contributed by atoms with E-state index in [1.54, 1.807) is 17.8 Å². The number of thiophene rings is 1. The van der Waals surface area contributed by atoms with Gasteiger partial charge in [0.05, 0.1) is 17.7 Å². The van der Waals surface area contributed by atoms with E-state index in [2.05, 4.69) is 16.9 Å². The minimum absolute atomic E-state index is 0.0617. The van der Waals surface area contributed by atoms with Crippen molar-refractivity contribution in [3.63, 3.8) is 0 Å². The van der Waals surface area contributed by atoms with Crippen LogP contribution >= 0.6 is 23.1 Å². The highest BCUT2D eigenvalue weighted by Crippen LogP contribution is 2.25. The zero-order valence-corrected chi connectivity index (χ0v) is 16.3. The lowest BCUT2D eigenvalue weighted by atomic mass is 10.3. The topological polar surface area (TPSA) is 73.2 Å². The number of thioether (sulfide) groups is 1. The second-order valence-corrected chi connectivity index (χ2v) is 7.65. The van der Waals surface area contributed by atoms with Gasteiger partial charge in [-0.05, 0) is 19.4 Å². The Morgan fingerprint density at radius 1 is 1.60 bits per heavy atom. The van der Waals surface area contributed by atoms with Crippen LogP contribution in [0.4, 0.5) is 0 Å². The normalized spacial score (nSPS) is 12.3. The molecular formula is C17H23N3O3S2. The fourth-order valence-electron chi connectivity index (χ4n) is 2.36. The van der Waals surface area contributed by atoms with E-state index in [0.717, 1.165) is 16.1 Å². The third-order valence-corrected chi connectivity index (χ3v) is 5.63. The molecule has 6 nitrogen and oxygen atoms in total. The molecule has 2 heterocycles. The molecule has 0 aromatic carbocycles. The fraction of sp³-hybridized carbons (Fsp3) is 0.471. The molecule has 2 aromatic heterocycles. The molecule has 0 unspecified atom stereocenters. The van der Waals surface area contributed by atoms with E-state index >= 15 is 0 Å². The Morgan fingerprint density at radius 2 is 2.36 bits per heavy atom. The van der Waals surface area contributed by atoms with Gasteiger partial charge in [0.25, 0.3) is 5.56 Å². The maximum atomic E-state index is 12.7. The van der Waals surface area contributed by atoms with Gasteiger partial charge < -0.3 is 10.1 Å². The average molecular weight is 382 g/mol. The van der Waals surface area contributed by atoms with E-state index in [9.17, 15) is 9.59 Å². The molecule has 2 aromatic rings. The van der Waals surface area contributed by atoms with Crippen LogP contribution < -0.4 is 10.9 Å². The molecule has 25 heavy (non-hydrogen) atoms. The lowest BCUT2D eigenvalue weighted by Crippen LogP contribution is -2.36. The minimum atomic E-state index is -0.116. The summed E-state index contributed by atoms with van der Waals surface area (Å²) in [5.41, 5.74) is -0.0866. The van der Waals surface area contributed by atoms with Crippen molar-refractivity contribution < 1.29 is 9.53 Å². The zero-order valence-electron chi connectivity index (χ0n) is 14.7. The first-order valence-electron chi connectivity index (χ1n) is 8.05. The lowest BCUT2D eigenvalue weighted by molar-refractivity contribution is -0.119. The molecule has 0 aliphatic carbocycles. The van der Waals surface area contributed by atoms with Crippen LogP contribution in [0.15, 0.2) is 28.7 Å². The largest absolute Gasteiger partial charge is 0.383 e. The number of ether oxygens (including phenoxy) is 1. The Balaban J connectivity index is 2.23. The SMILES string of the molecule is C=CCn1c(SCC(=O)N[C@@H](C)COC)nc2sc(CC)cc2c1=O. The summed E-state index contributed by atoms with van der Waals surface area (Å²) < 4.78 is 6.57. The molecule has 0 aliphatic heterocycles. The van der Waals surface area contributed by atoms with E-state index in [1.807, 2.05) is 19.9 Å². The van der Waals surface area contributed by atoms with Gasteiger partial charge in [0.1, 0.15) is 4.83 Å². The Labute approximate surface area is 155 Å². The third-order valence-electron chi connectivity index (χ3n) is 3.48. The van der Waals surface area contributed by atoms with Gasteiger partial charge >= 0.3 is 0 Å². The summed E-state index contributed by atoms with van der Waals surface area (Å²) in [6.45, 7) is 8.45. The van der Waals surface area contributed by atoms with Crippen LogP contribution in [-0.2, 0) is 22.5 Å². The van der Waals surface area contributed by atoms with E-state index in [4.69, 9.17) is 4.74 Å². The number of methoxy groups -OCH3 is 1. The molecule has 0 fully saturated rings. The predicted molar refractivity (Wildman–Crippen MR) is 104 cm³/mol. The maximum Gasteiger partial charge on any atom is 0.263 e. The van der Waals surface area contributed by atoms with E-state index in [-0.39, 0.29) is 23.3 Å². The summed E-state index contributed by atoms with van der Waals surface area (Å²) in [5.74, 6) is 0.0734. The number of aromatic nitrogens is 2. The fourth-order valence-corrected chi connectivity index (χ4v) is 4.19. The van der Waals surface area contributed by atoms with Gasteiger partial charge in [-0.1, -0.05) is 24.8 Å². The quantitative estimate of drug-likeness (QED) is 0.410. The van der Waals surface area contributed by atoms with Crippen molar-refractivity contribution in [2.75, 3.05) is 19.5 Å². The van der Waals surface area contributed by atoms with Gasteiger partial charge in [0, 0.05) is 24.6 Å². The Morgan fingerprint density at radius 3 is 3.00 bits per heavy atom. The van der Waals surface area contributed by atoms with E-state index in [0.29, 0.717) is 23.7 Å². The van der Waals surface area contributed by atoms with Crippen LogP contribution in [-0.4, -0.2) is 41.0 Å². The smallest absolute Gasteiger partial charge is 0.263 e. The molecular weight excluding hydrogens is 358 g/mol. The summed E-state index contributed by atoms with van der Waals surface area (Å²) in [6, 6.07) is 1.84. The van der Waals surface area contributed by atoms with Gasteiger partial charge in [-0.2, -0.15) is 0 Å². The van der Waals surface area contributed by atoms with Gasteiger partial charge in [-0.3, -0.25) is 14.2 Å². The van der Waals surface area contributed by atoms with Crippen LogP contribution in [0.5, 0.6) is 0 Å². The van der Waals surface area contributed by atoms with Crippen molar-refractivity contribution >= 4 is 39.2 Å². The van der Waals surface area contributed by atoms with E-state index < -0.39 is 0 Å². The van der Waals surface area contributed by atoms with Gasteiger partial charge in [-0.15, -0.1) is 17.9 Å². The van der Waals surface area contributed by atoms with Crippen molar-refractivity contribution in [3.05, 3.63) is 34.0 Å². The number of carbonyl (C=O) groups is 1. The molecule has 1 atom stereocenters. The second kappa shape index (κ2) is 9.17. The lowest BCUT2D eigenvalue weighted by Gasteiger charge is -2.13. The first-order chi connectivity index (χ1) is 12.0. The number of fused-ring (bicyclic) bond motifs is 1. The minimum Gasteiger partial charge on any atom is -0.383 e.